The van der Waals surface area contributed by atoms with Crippen molar-refractivity contribution in [3.05, 3.63) is 0 Å². The van der Waals surface area contributed by atoms with E-state index in [4.69, 9.17) is 10.5 Å². The zero-order chi connectivity index (χ0) is 14.6. The number of carbonyl (C=O) groups excluding carboxylic acids is 2. The van der Waals surface area contributed by atoms with Crippen LogP contribution in [0.3, 0.4) is 0 Å². The summed E-state index contributed by atoms with van der Waals surface area (Å²) in [7, 11) is 1.72. The number of nitrogens with two attached hydrogens (primary N) is 1. The van der Waals surface area contributed by atoms with Crippen LogP contribution < -0.4 is 5.73 Å². The van der Waals surface area contributed by atoms with E-state index in [-0.39, 0.29) is 18.5 Å². The van der Waals surface area contributed by atoms with Gasteiger partial charge in [0.1, 0.15) is 5.60 Å². The van der Waals surface area contributed by atoms with Crippen LogP contribution in [0.4, 0.5) is 4.79 Å². The molecule has 1 rings (SSSR count). The Labute approximate surface area is 114 Å². The number of nitrogens with zero attached hydrogens (tertiary/aromatic N) is 2. The molecule has 1 heterocycles. The number of hydrogen-bond donors (Lipinski definition) is 1. The predicted octanol–water partition coefficient (Wildman–Crippen LogP) is 0.661. The molecular formula is C13H25N3O3. The van der Waals surface area contributed by atoms with E-state index in [1.807, 2.05) is 20.8 Å². The minimum atomic E-state index is -0.484. The van der Waals surface area contributed by atoms with Crippen molar-refractivity contribution in [3.8, 4) is 0 Å². The fourth-order valence-corrected chi connectivity index (χ4v) is 2.14. The SMILES string of the molecule is CN(C[C@H]1CCN(C(=O)CN)C1)C(=O)OC(C)(C)C. The van der Waals surface area contributed by atoms with Crippen LogP contribution in [0.25, 0.3) is 0 Å². The Kier molecular flexibility index (Phi) is 5.17. The molecule has 0 spiro atoms. The number of hydrogen-bond acceptors (Lipinski definition) is 4. The average molecular weight is 271 g/mol. The molecule has 110 valence electrons. The third kappa shape index (κ3) is 5.06. The fourth-order valence-electron chi connectivity index (χ4n) is 2.14. The molecule has 0 aromatic heterocycles. The van der Waals surface area contributed by atoms with E-state index >= 15 is 0 Å². The van der Waals surface area contributed by atoms with Gasteiger partial charge in [0.2, 0.25) is 5.91 Å². The first kappa shape index (κ1) is 15.8. The Bertz CT molecular complexity index is 339. The summed E-state index contributed by atoms with van der Waals surface area (Å²) in [6.07, 6.45) is 0.579. The molecule has 0 radical (unpaired) electrons. The van der Waals surface area contributed by atoms with Crippen LogP contribution in [0, 0.1) is 5.92 Å². The highest BCUT2D eigenvalue weighted by atomic mass is 16.6. The van der Waals surface area contributed by atoms with Gasteiger partial charge in [-0.05, 0) is 33.1 Å². The number of ether oxygens (including phenoxy) is 1. The maximum atomic E-state index is 11.8. The molecule has 1 atom stereocenters. The first-order valence-corrected chi connectivity index (χ1v) is 6.65. The van der Waals surface area contributed by atoms with E-state index < -0.39 is 5.60 Å². The van der Waals surface area contributed by atoms with Gasteiger partial charge >= 0.3 is 6.09 Å². The number of carbonyl (C=O) groups is 2. The molecule has 1 fully saturated rings. The lowest BCUT2D eigenvalue weighted by molar-refractivity contribution is -0.128. The molecule has 0 bridgehead atoms. The Morgan fingerprint density at radius 1 is 1.42 bits per heavy atom. The molecule has 0 saturated carbocycles. The zero-order valence-corrected chi connectivity index (χ0v) is 12.3. The zero-order valence-electron chi connectivity index (χ0n) is 12.3. The summed E-state index contributed by atoms with van der Waals surface area (Å²) in [4.78, 5) is 26.6. The maximum Gasteiger partial charge on any atom is 0.410 e. The van der Waals surface area contributed by atoms with E-state index in [2.05, 4.69) is 0 Å². The monoisotopic (exact) mass is 271 g/mol. The summed E-state index contributed by atoms with van der Waals surface area (Å²) in [5.74, 6) is 0.274. The normalized spacial score (nSPS) is 19.4. The second-order valence-electron chi connectivity index (χ2n) is 6.06. The van der Waals surface area contributed by atoms with E-state index in [1.165, 1.54) is 0 Å². The molecule has 0 aromatic rings. The van der Waals surface area contributed by atoms with Crippen molar-refractivity contribution in [2.45, 2.75) is 32.8 Å². The van der Waals surface area contributed by atoms with Gasteiger partial charge in [-0.3, -0.25) is 4.79 Å². The lowest BCUT2D eigenvalue weighted by Crippen LogP contribution is -2.38. The lowest BCUT2D eigenvalue weighted by atomic mass is 10.1. The smallest absolute Gasteiger partial charge is 0.410 e. The van der Waals surface area contributed by atoms with Crippen molar-refractivity contribution in [2.24, 2.45) is 11.7 Å². The molecule has 2 amide bonds. The van der Waals surface area contributed by atoms with Crippen LogP contribution in [0.2, 0.25) is 0 Å². The largest absolute Gasteiger partial charge is 0.444 e. The van der Waals surface area contributed by atoms with Gasteiger partial charge in [-0.15, -0.1) is 0 Å². The molecule has 6 heteroatoms. The van der Waals surface area contributed by atoms with Crippen LogP contribution >= 0.6 is 0 Å². The van der Waals surface area contributed by atoms with Crippen LogP contribution in [0.1, 0.15) is 27.2 Å². The molecule has 0 aromatic carbocycles. The van der Waals surface area contributed by atoms with Gasteiger partial charge in [-0.2, -0.15) is 0 Å². The van der Waals surface area contributed by atoms with E-state index in [0.717, 1.165) is 13.0 Å². The van der Waals surface area contributed by atoms with E-state index in [1.54, 1.807) is 16.8 Å². The third-order valence-electron chi connectivity index (χ3n) is 3.05. The maximum absolute atomic E-state index is 11.8. The standard InChI is InChI=1S/C13H25N3O3/c1-13(2,3)19-12(18)15(4)8-10-5-6-16(9-10)11(17)7-14/h10H,5-9,14H2,1-4H3/t10-/m1/s1. The Morgan fingerprint density at radius 2 is 2.05 bits per heavy atom. The van der Waals surface area contributed by atoms with Crippen LogP contribution in [0.5, 0.6) is 0 Å². The second-order valence-corrected chi connectivity index (χ2v) is 6.06. The van der Waals surface area contributed by atoms with Crippen molar-refractivity contribution in [1.29, 1.82) is 0 Å². The lowest BCUT2D eigenvalue weighted by Gasteiger charge is -2.26. The van der Waals surface area contributed by atoms with Gasteiger partial charge in [-0.25, -0.2) is 4.79 Å². The predicted molar refractivity (Wildman–Crippen MR) is 72.6 cm³/mol. The van der Waals surface area contributed by atoms with Crippen molar-refractivity contribution in [3.63, 3.8) is 0 Å². The molecule has 2 N–H and O–H groups in total. The summed E-state index contributed by atoms with van der Waals surface area (Å²) in [6, 6.07) is 0. The molecule has 0 aliphatic carbocycles. The molecule has 1 aliphatic rings. The highest BCUT2D eigenvalue weighted by Gasteiger charge is 2.28. The molecule has 19 heavy (non-hydrogen) atoms. The molecular weight excluding hydrogens is 246 g/mol. The Morgan fingerprint density at radius 3 is 2.58 bits per heavy atom. The van der Waals surface area contributed by atoms with Gasteiger partial charge in [0.25, 0.3) is 0 Å². The van der Waals surface area contributed by atoms with Crippen molar-refractivity contribution < 1.29 is 14.3 Å². The van der Waals surface area contributed by atoms with Crippen LogP contribution in [0.15, 0.2) is 0 Å². The van der Waals surface area contributed by atoms with Crippen molar-refractivity contribution in [2.75, 3.05) is 33.2 Å². The Hall–Kier alpha value is -1.30. The average Bonchev–Trinajstić information content (AvgIpc) is 2.74. The third-order valence-corrected chi connectivity index (χ3v) is 3.05. The van der Waals surface area contributed by atoms with E-state index in [0.29, 0.717) is 19.0 Å². The van der Waals surface area contributed by atoms with Gasteiger partial charge < -0.3 is 20.3 Å². The summed E-state index contributed by atoms with van der Waals surface area (Å²) in [5.41, 5.74) is 4.86. The minimum Gasteiger partial charge on any atom is -0.444 e. The highest BCUT2D eigenvalue weighted by molar-refractivity contribution is 5.78. The summed E-state index contributed by atoms with van der Waals surface area (Å²) >= 11 is 0. The van der Waals surface area contributed by atoms with E-state index in [9.17, 15) is 9.59 Å². The van der Waals surface area contributed by atoms with Crippen molar-refractivity contribution >= 4 is 12.0 Å². The van der Waals surface area contributed by atoms with Gasteiger partial charge in [0, 0.05) is 26.7 Å². The van der Waals surface area contributed by atoms with Crippen LogP contribution in [-0.4, -0.2) is 60.6 Å². The second kappa shape index (κ2) is 6.23. The summed E-state index contributed by atoms with van der Waals surface area (Å²) in [6.45, 7) is 7.58. The van der Waals surface area contributed by atoms with Crippen molar-refractivity contribution in [1.82, 2.24) is 9.80 Å². The number of amides is 2. The molecule has 1 aliphatic heterocycles. The molecule has 0 unspecified atom stereocenters. The molecule has 1 saturated heterocycles. The summed E-state index contributed by atoms with van der Waals surface area (Å²) < 4.78 is 5.29. The number of rotatable bonds is 3. The fraction of sp³-hybridized carbons (Fsp3) is 0.846. The topological polar surface area (TPSA) is 75.9 Å². The minimum absolute atomic E-state index is 0.0255. The summed E-state index contributed by atoms with van der Waals surface area (Å²) in [5, 5.41) is 0. The highest BCUT2D eigenvalue weighted by Crippen LogP contribution is 2.18. The Balaban J connectivity index is 2.40. The first-order chi connectivity index (χ1) is 8.73. The quantitative estimate of drug-likeness (QED) is 0.818. The van der Waals surface area contributed by atoms with Gasteiger partial charge in [0.15, 0.2) is 0 Å². The first-order valence-electron chi connectivity index (χ1n) is 6.65. The molecule has 6 nitrogen and oxygen atoms in total. The van der Waals surface area contributed by atoms with Crippen LogP contribution in [-0.2, 0) is 9.53 Å². The van der Waals surface area contributed by atoms with Gasteiger partial charge in [-0.1, -0.05) is 0 Å². The number of likely N-dealkylation sites (tertiary alicyclic amines) is 1. The van der Waals surface area contributed by atoms with Gasteiger partial charge in [0.05, 0.1) is 6.54 Å².